The average molecular weight is 407 g/mol. The highest BCUT2D eigenvalue weighted by Gasteiger charge is 2.54. The molecule has 0 saturated heterocycles. The first-order valence-corrected chi connectivity index (χ1v) is 11.1. The van der Waals surface area contributed by atoms with Crippen molar-refractivity contribution < 1.29 is 9.59 Å². The molecule has 0 atom stereocenters. The van der Waals surface area contributed by atoms with Crippen LogP contribution >= 0.6 is 0 Å². The number of rotatable bonds is 6. The lowest BCUT2D eigenvalue weighted by Crippen LogP contribution is -2.54. The monoisotopic (exact) mass is 406 g/mol. The van der Waals surface area contributed by atoms with Crippen LogP contribution in [0.3, 0.4) is 0 Å². The van der Waals surface area contributed by atoms with Crippen molar-refractivity contribution >= 4 is 17.5 Å². The van der Waals surface area contributed by atoms with Crippen LogP contribution in [-0.2, 0) is 16.1 Å². The molecule has 2 N–H and O–H groups in total. The van der Waals surface area contributed by atoms with Crippen LogP contribution in [0.4, 0.5) is 5.69 Å². The van der Waals surface area contributed by atoms with Crippen molar-refractivity contribution in [1.82, 2.24) is 14.9 Å². The zero-order valence-corrected chi connectivity index (χ0v) is 17.6. The van der Waals surface area contributed by atoms with Gasteiger partial charge in [0.2, 0.25) is 11.8 Å². The summed E-state index contributed by atoms with van der Waals surface area (Å²) in [7, 11) is 0. The number of amides is 2. The number of anilines is 1. The van der Waals surface area contributed by atoms with Crippen LogP contribution in [0.1, 0.15) is 49.9 Å². The highest BCUT2D eigenvalue weighted by Crippen LogP contribution is 2.60. The predicted molar refractivity (Wildman–Crippen MR) is 115 cm³/mol. The Kier molecular flexibility index (Phi) is 4.88. The van der Waals surface area contributed by atoms with Crippen molar-refractivity contribution in [1.29, 1.82) is 0 Å². The molecule has 4 aliphatic carbocycles. The molecule has 6 nitrogen and oxygen atoms in total. The van der Waals surface area contributed by atoms with Crippen molar-refractivity contribution in [2.75, 3.05) is 11.9 Å². The molecule has 0 aliphatic heterocycles. The number of carbonyl (C=O) groups excluding carboxylic acids is 2. The molecule has 1 heterocycles. The van der Waals surface area contributed by atoms with E-state index in [0.717, 1.165) is 60.6 Å². The first-order chi connectivity index (χ1) is 14.5. The lowest BCUT2D eigenvalue weighted by Gasteiger charge is -2.55. The van der Waals surface area contributed by atoms with E-state index in [1.165, 1.54) is 19.3 Å². The summed E-state index contributed by atoms with van der Waals surface area (Å²) in [5, 5.41) is 5.84. The third-order valence-corrected chi connectivity index (χ3v) is 7.44. The van der Waals surface area contributed by atoms with E-state index in [4.69, 9.17) is 0 Å². The van der Waals surface area contributed by atoms with E-state index in [2.05, 4.69) is 20.2 Å². The number of benzene rings is 1. The summed E-state index contributed by atoms with van der Waals surface area (Å²) in [6.45, 7) is 2.77. The largest absolute Gasteiger partial charge is 0.347 e. The van der Waals surface area contributed by atoms with Gasteiger partial charge in [-0.15, -0.1) is 0 Å². The van der Waals surface area contributed by atoms with Crippen LogP contribution in [0.5, 0.6) is 0 Å². The van der Waals surface area contributed by atoms with Gasteiger partial charge in [0, 0.05) is 30.0 Å². The quantitative estimate of drug-likeness (QED) is 0.771. The molecule has 4 fully saturated rings. The van der Waals surface area contributed by atoms with Crippen LogP contribution in [0.25, 0.3) is 0 Å². The van der Waals surface area contributed by atoms with E-state index in [1.807, 2.05) is 37.4 Å². The minimum atomic E-state index is -0.206. The van der Waals surface area contributed by atoms with E-state index in [-0.39, 0.29) is 23.8 Å². The minimum Gasteiger partial charge on any atom is -0.347 e. The van der Waals surface area contributed by atoms with Gasteiger partial charge in [0.05, 0.1) is 6.54 Å². The second kappa shape index (κ2) is 7.56. The fraction of sp³-hybridized carbons (Fsp3) is 0.542. The Morgan fingerprint density at radius 3 is 2.27 bits per heavy atom. The van der Waals surface area contributed by atoms with Crippen molar-refractivity contribution in [2.24, 2.45) is 23.2 Å². The molecule has 1 aromatic heterocycles. The lowest BCUT2D eigenvalue weighted by molar-refractivity contribution is -0.146. The Hall–Kier alpha value is -2.63. The van der Waals surface area contributed by atoms with E-state index >= 15 is 0 Å². The molecule has 0 spiro atoms. The normalized spacial score (nSPS) is 29.0. The second-order valence-electron chi connectivity index (χ2n) is 9.73. The maximum absolute atomic E-state index is 13.0. The molecule has 2 aromatic rings. The molecule has 4 aliphatic rings. The van der Waals surface area contributed by atoms with E-state index in [9.17, 15) is 9.59 Å². The standard InChI is InChI=1S/C24H30N4O2/c1-16-25-6-7-28(16)15-17-2-4-21(5-3-17)27-22(29)14-26-23(30)24-11-18-8-19(12-24)10-20(9-18)13-24/h2-7,18-20H,8-15H2,1H3,(H,26,30)(H,27,29). The number of aryl methyl sites for hydroxylation is 1. The van der Waals surface area contributed by atoms with Crippen LogP contribution in [-0.4, -0.2) is 27.9 Å². The summed E-state index contributed by atoms with van der Waals surface area (Å²) in [6.07, 6.45) is 10.7. The Morgan fingerprint density at radius 2 is 1.70 bits per heavy atom. The van der Waals surface area contributed by atoms with Crippen LogP contribution in [0, 0.1) is 30.1 Å². The highest BCUT2D eigenvalue weighted by atomic mass is 16.2. The van der Waals surface area contributed by atoms with Crippen LogP contribution < -0.4 is 10.6 Å². The van der Waals surface area contributed by atoms with Gasteiger partial charge in [-0.2, -0.15) is 0 Å². The lowest BCUT2D eigenvalue weighted by atomic mass is 9.49. The summed E-state index contributed by atoms with van der Waals surface area (Å²) in [6, 6.07) is 7.81. The van der Waals surface area contributed by atoms with Gasteiger partial charge in [-0.3, -0.25) is 9.59 Å². The summed E-state index contributed by atoms with van der Waals surface area (Å²) in [4.78, 5) is 29.6. The highest BCUT2D eigenvalue weighted by molar-refractivity contribution is 5.95. The second-order valence-corrected chi connectivity index (χ2v) is 9.73. The third-order valence-electron chi connectivity index (χ3n) is 7.44. The first kappa shape index (κ1) is 19.3. The number of hydrogen-bond donors (Lipinski definition) is 2. The van der Waals surface area contributed by atoms with Crippen molar-refractivity contribution in [2.45, 2.75) is 52.0 Å². The molecule has 30 heavy (non-hydrogen) atoms. The van der Waals surface area contributed by atoms with Gasteiger partial charge in [-0.05, 0) is 80.9 Å². The number of carbonyl (C=O) groups is 2. The number of hydrogen-bond acceptors (Lipinski definition) is 3. The average Bonchev–Trinajstić information content (AvgIpc) is 3.11. The van der Waals surface area contributed by atoms with Gasteiger partial charge in [-0.1, -0.05) is 12.1 Å². The predicted octanol–water partition coefficient (Wildman–Crippen LogP) is 3.51. The molecule has 158 valence electrons. The van der Waals surface area contributed by atoms with Gasteiger partial charge in [0.15, 0.2) is 0 Å². The summed E-state index contributed by atoms with van der Waals surface area (Å²) < 4.78 is 2.08. The Balaban J connectivity index is 1.13. The summed E-state index contributed by atoms with van der Waals surface area (Å²) in [5.41, 5.74) is 1.68. The van der Waals surface area contributed by atoms with E-state index < -0.39 is 0 Å². The van der Waals surface area contributed by atoms with Gasteiger partial charge in [0.1, 0.15) is 5.82 Å². The van der Waals surface area contributed by atoms with Crippen molar-refractivity contribution in [3.63, 3.8) is 0 Å². The number of nitrogens with zero attached hydrogens (tertiary/aromatic N) is 2. The maximum atomic E-state index is 13.0. The number of imidazole rings is 1. The maximum Gasteiger partial charge on any atom is 0.243 e. The Bertz CT molecular complexity index is 911. The first-order valence-electron chi connectivity index (χ1n) is 11.1. The fourth-order valence-electron chi connectivity index (χ4n) is 6.40. The molecule has 0 radical (unpaired) electrons. The zero-order valence-electron chi connectivity index (χ0n) is 17.6. The van der Waals surface area contributed by atoms with Gasteiger partial charge >= 0.3 is 0 Å². The topological polar surface area (TPSA) is 76.0 Å². The van der Waals surface area contributed by atoms with Gasteiger partial charge in [-0.25, -0.2) is 4.98 Å². The molecule has 6 rings (SSSR count). The zero-order chi connectivity index (χ0) is 20.7. The van der Waals surface area contributed by atoms with Crippen LogP contribution in [0.15, 0.2) is 36.7 Å². The summed E-state index contributed by atoms with van der Waals surface area (Å²) >= 11 is 0. The molecular formula is C24H30N4O2. The van der Waals surface area contributed by atoms with Gasteiger partial charge < -0.3 is 15.2 Å². The number of nitrogens with one attached hydrogen (secondary N) is 2. The molecule has 0 unspecified atom stereocenters. The SMILES string of the molecule is Cc1nccn1Cc1ccc(NC(=O)CNC(=O)C23CC4CC(CC(C4)C2)C3)cc1. The van der Waals surface area contributed by atoms with E-state index in [1.54, 1.807) is 6.20 Å². The summed E-state index contributed by atoms with van der Waals surface area (Å²) in [5.74, 6) is 3.07. The number of aromatic nitrogens is 2. The molecule has 4 saturated carbocycles. The van der Waals surface area contributed by atoms with Gasteiger partial charge in [0.25, 0.3) is 0 Å². The molecule has 6 heteroatoms. The third kappa shape index (κ3) is 3.75. The molecular weight excluding hydrogens is 376 g/mol. The Morgan fingerprint density at radius 1 is 1.07 bits per heavy atom. The van der Waals surface area contributed by atoms with Crippen molar-refractivity contribution in [3.05, 3.63) is 48.0 Å². The van der Waals surface area contributed by atoms with Crippen molar-refractivity contribution in [3.8, 4) is 0 Å². The molecule has 2 amide bonds. The molecule has 4 bridgehead atoms. The van der Waals surface area contributed by atoms with E-state index in [0.29, 0.717) is 0 Å². The van der Waals surface area contributed by atoms with Crippen LogP contribution in [0.2, 0.25) is 0 Å². The molecule has 1 aromatic carbocycles. The smallest absolute Gasteiger partial charge is 0.243 e. The minimum absolute atomic E-state index is 0.0383. The Labute approximate surface area is 177 Å². The fourth-order valence-corrected chi connectivity index (χ4v) is 6.40.